The summed E-state index contributed by atoms with van der Waals surface area (Å²) in [7, 11) is 2.78. The summed E-state index contributed by atoms with van der Waals surface area (Å²) in [4.78, 5) is 14.5. The van der Waals surface area contributed by atoms with E-state index >= 15 is 0 Å². The van der Waals surface area contributed by atoms with Crippen molar-refractivity contribution in [3.63, 3.8) is 0 Å². The Labute approximate surface area is 105 Å². The molecule has 3 aliphatic rings. The van der Waals surface area contributed by atoms with Gasteiger partial charge in [-0.15, -0.1) is 0 Å². The summed E-state index contributed by atoms with van der Waals surface area (Å²) in [6.07, 6.45) is 3.56. The minimum atomic E-state index is 0.347. The van der Waals surface area contributed by atoms with Crippen LogP contribution < -0.4 is 5.32 Å². The zero-order chi connectivity index (χ0) is 11.9. The van der Waals surface area contributed by atoms with Gasteiger partial charge in [-0.3, -0.25) is 9.46 Å². The molecule has 1 amide bonds. The van der Waals surface area contributed by atoms with Crippen LogP contribution in [-0.4, -0.2) is 54.7 Å². The molecule has 2 atom stereocenters. The van der Waals surface area contributed by atoms with Crippen LogP contribution in [-0.2, 0) is 4.79 Å². The molecular formula is C12H22N3OP. The van der Waals surface area contributed by atoms with Gasteiger partial charge in [0.2, 0.25) is 5.91 Å². The number of hydrogen-bond donors (Lipinski definition) is 1. The number of carbonyl (C=O) groups excluding carboxylic acids is 1. The molecule has 0 bridgehead atoms. The average Bonchev–Trinajstić information content (AvgIpc) is 3.08. The van der Waals surface area contributed by atoms with E-state index in [4.69, 9.17) is 0 Å². The molecule has 2 aliphatic heterocycles. The van der Waals surface area contributed by atoms with Crippen molar-refractivity contribution >= 4 is 15.3 Å². The molecule has 2 heterocycles. The van der Waals surface area contributed by atoms with Gasteiger partial charge in [-0.1, -0.05) is 9.39 Å². The lowest BCUT2D eigenvalue weighted by atomic mass is 9.91. The lowest BCUT2D eigenvalue weighted by Crippen LogP contribution is -2.47. The van der Waals surface area contributed by atoms with Crippen LogP contribution >= 0.6 is 9.39 Å². The van der Waals surface area contributed by atoms with Crippen LogP contribution in [0.3, 0.4) is 0 Å². The first-order chi connectivity index (χ1) is 8.21. The standard InChI is InChI=1S/C12H22N3OP/c16-11(14-7-3-13-4-8-14)10-9-12(10)1-5-15(17)6-2-12/h10,13H,1-9,17H2. The highest BCUT2D eigenvalue weighted by Gasteiger charge is 2.59. The van der Waals surface area contributed by atoms with Gasteiger partial charge in [0.05, 0.1) is 0 Å². The SMILES string of the molecule is O=C(C1CC12CCN(P)CC2)N1CCNCC1. The normalized spacial score (nSPS) is 32.8. The summed E-state index contributed by atoms with van der Waals surface area (Å²) >= 11 is 0. The Morgan fingerprint density at radius 3 is 2.47 bits per heavy atom. The topological polar surface area (TPSA) is 35.6 Å². The number of carbonyl (C=O) groups is 1. The lowest BCUT2D eigenvalue weighted by molar-refractivity contribution is -0.134. The second kappa shape index (κ2) is 4.49. The predicted octanol–water partition coefficient (Wildman–Crippen LogP) is 0.310. The fourth-order valence-electron chi connectivity index (χ4n) is 3.32. The van der Waals surface area contributed by atoms with E-state index in [0.717, 1.165) is 45.7 Å². The molecule has 96 valence electrons. The first kappa shape index (κ1) is 11.9. The van der Waals surface area contributed by atoms with Crippen molar-refractivity contribution in [1.82, 2.24) is 14.9 Å². The smallest absolute Gasteiger partial charge is 0.226 e. The molecule has 17 heavy (non-hydrogen) atoms. The molecular weight excluding hydrogens is 233 g/mol. The predicted molar refractivity (Wildman–Crippen MR) is 70.5 cm³/mol. The van der Waals surface area contributed by atoms with Crippen LogP contribution in [0.25, 0.3) is 0 Å². The van der Waals surface area contributed by atoms with Crippen LogP contribution in [0, 0.1) is 11.3 Å². The van der Waals surface area contributed by atoms with Gasteiger partial charge < -0.3 is 10.2 Å². The fraction of sp³-hybridized carbons (Fsp3) is 0.917. The summed E-state index contributed by atoms with van der Waals surface area (Å²) in [6, 6.07) is 0. The quantitative estimate of drug-likeness (QED) is 0.685. The third-order valence-corrected chi connectivity index (χ3v) is 5.23. The van der Waals surface area contributed by atoms with E-state index in [1.54, 1.807) is 0 Å². The van der Waals surface area contributed by atoms with E-state index in [9.17, 15) is 4.79 Å². The van der Waals surface area contributed by atoms with E-state index < -0.39 is 0 Å². The van der Waals surface area contributed by atoms with Crippen molar-refractivity contribution in [2.24, 2.45) is 11.3 Å². The molecule has 0 aromatic heterocycles. The van der Waals surface area contributed by atoms with Gasteiger partial charge in [-0.2, -0.15) is 0 Å². The number of piperazine rings is 1. The zero-order valence-corrected chi connectivity index (χ0v) is 11.5. The molecule has 3 rings (SSSR count). The van der Waals surface area contributed by atoms with E-state index in [1.165, 1.54) is 12.8 Å². The largest absolute Gasteiger partial charge is 0.340 e. The van der Waals surface area contributed by atoms with Gasteiger partial charge in [0.25, 0.3) is 0 Å². The molecule has 1 N–H and O–H groups in total. The second-order valence-corrected chi connectivity index (χ2v) is 6.46. The molecule has 1 spiro atoms. The van der Waals surface area contributed by atoms with Crippen molar-refractivity contribution in [2.45, 2.75) is 19.3 Å². The van der Waals surface area contributed by atoms with Crippen LogP contribution in [0.5, 0.6) is 0 Å². The first-order valence-corrected chi connectivity index (χ1v) is 7.22. The van der Waals surface area contributed by atoms with E-state index in [2.05, 4.69) is 24.3 Å². The number of nitrogens with zero attached hydrogens (tertiary/aromatic N) is 2. The summed E-state index contributed by atoms with van der Waals surface area (Å²) in [5.41, 5.74) is 0.384. The number of amides is 1. The molecule has 0 aromatic carbocycles. The Hall–Kier alpha value is -0.180. The Morgan fingerprint density at radius 2 is 1.82 bits per heavy atom. The van der Waals surface area contributed by atoms with Crippen LogP contribution in [0.1, 0.15) is 19.3 Å². The maximum Gasteiger partial charge on any atom is 0.226 e. The number of piperidine rings is 1. The minimum absolute atomic E-state index is 0.347. The van der Waals surface area contributed by atoms with Crippen molar-refractivity contribution in [2.75, 3.05) is 39.3 Å². The molecule has 2 saturated heterocycles. The first-order valence-electron chi connectivity index (χ1n) is 6.70. The number of hydrogen-bond acceptors (Lipinski definition) is 3. The molecule has 4 nitrogen and oxygen atoms in total. The average molecular weight is 255 g/mol. The van der Waals surface area contributed by atoms with Crippen molar-refractivity contribution in [1.29, 1.82) is 0 Å². The second-order valence-electron chi connectivity index (χ2n) is 5.73. The number of rotatable bonds is 1. The van der Waals surface area contributed by atoms with Crippen LogP contribution in [0.2, 0.25) is 0 Å². The summed E-state index contributed by atoms with van der Waals surface area (Å²) < 4.78 is 2.30. The molecule has 5 heteroatoms. The Balaban J connectivity index is 1.58. The number of nitrogens with one attached hydrogen (secondary N) is 1. The highest BCUT2D eigenvalue weighted by Crippen LogP contribution is 2.60. The monoisotopic (exact) mass is 255 g/mol. The fourth-order valence-corrected chi connectivity index (χ4v) is 3.58. The molecule has 0 radical (unpaired) electrons. The Bertz CT molecular complexity index is 309. The molecule has 2 unspecified atom stereocenters. The molecule has 1 aliphatic carbocycles. The van der Waals surface area contributed by atoms with Crippen molar-refractivity contribution in [3.05, 3.63) is 0 Å². The highest BCUT2D eigenvalue weighted by molar-refractivity contribution is 7.13. The van der Waals surface area contributed by atoms with Gasteiger partial charge in [-0.25, -0.2) is 0 Å². The van der Waals surface area contributed by atoms with E-state index in [1.807, 2.05) is 0 Å². The van der Waals surface area contributed by atoms with Gasteiger partial charge >= 0.3 is 0 Å². The Kier molecular flexibility index (Phi) is 3.14. The molecule has 1 saturated carbocycles. The summed E-state index contributed by atoms with van der Waals surface area (Å²) in [6.45, 7) is 6.00. The molecule has 0 aromatic rings. The van der Waals surface area contributed by atoms with Crippen molar-refractivity contribution < 1.29 is 4.79 Å². The molecule has 3 fully saturated rings. The van der Waals surface area contributed by atoms with Gasteiger partial charge in [0.1, 0.15) is 0 Å². The summed E-state index contributed by atoms with van der Waals surface area (Å²) in [5, 5.41) is 3.30. The van der Waals surface area contributed by atoms with E-state index in [-0.39, 0.29) is 0 Å². The van der Waals surface area contributed by atoms with Crippen LogP contribution in [0.4, 0.5) is 0 Å². The Morgan fingerprint density at radius 1 is 1.18 bits per heavy atom. The minimum Gasteiger partial charge on any atom is -0.340 e. The lowest BCUT2D eigenvalue weighted by Gasteiger charge is -2.32. The van der Waals surface area contributed by atoms with Crippen molar-refractivity contribution in [3.8, 4) is 0 Å². The zero-order valence-electron chi connectivity index (χ0n) is 10.3. The van der Waals surface area contributed by atoms with E-state index in [0.29, 0.717) is 17.2 Å². The third kappa shape index (κ3) is 2.23. The highest BCUT2D eigenvalue weighted by atomic mass is 31.0. The van der Waals surface area contributed by atoms with Crippen LogP contribution in [0.15, 0.2) is 0 Å². The maximum atomic E-state index is 12.4. The summed E-state index contributed by atoms with van der Waals surface area (Å²) in [5.74, 6) is 0.781. The van der Waals surface area contributed by atoms with Gasteiger partial charge in [0, 0.05) is 45.2 Å². The van der Waals surface area contributed by atoms with Gasteiger partial charge in [-0.05, 0) is 24.7 Å². The third-order valence-electron chi connectivity index (χ3n) is 4.71. The van der Waals surface area contributed by atoms with Gasteiger partial charge in [0.15, 0.2) is 0 Å². The maximum absolute atomic E-state index is 12.4.